The van der Waals surface area contributed by atoms with Crippen LogP contribution in [0.5, 0.6) is 0 Å². The number of anilines is 1. The summed E-state index contributed by atoms with van der Waals surface area (Å²) in [6.45, 7) is 3.95. The molecule has 0 fully saturated rings. The third kappa shape index (κ3) is 5.45. The fourth-order valence-corrected chi connectivity index (χ4v) is 5.34. The molecule has 4 rings (SSSR count). The van der Waals surface area contributed by atoms with Gasteiger partial charge in [0.2, 0.25) is 0 Å². The average Bonchev–Trinajstić information content (AvgIpc) is 2.82. The second-order valence-corrected chi connectivity index (χ2v) is 10.4. The Kier molecular flexibility index (Phi) is 6.84. The van der Waals surface area contributed by atoms with Gasteiger partial charge in [-0.1, -0.05) is 48.9 Å². The standard InChI is InChI=1S/C27H30N2O3S/c1-3-26(22-14-13-20-7-4-5-8-21(20)17-22)28-27(30)23-9-6-10-24(18-23)29-33(31,32)25-15-11-19(2)12-16-25/h6,9-18,26,29H,3-5,7-8H2,1-2H3,(H,28,30)/t26-/m0/s1. The summed E-state index contributed by atoms with van der Waals surface area (Å²) >= 11 is 0. The van der Waals surface area contributed by atoms with Crippen molar-refractivity contribution in [2.75, 3.05) is 4.72 Å². The van der Waals surface area contributed by atoms with Gasteiger partial charge in [0.1, 0.15) is 0 Å². The van der Waals surface area contributed by atoms with Crippen LogP contribution < -0.4 is 10.0 Å². The van der Waals surface area contributed by atoms with Gasteiger partial charge in [-0.15, -0.1) is 0 Å². The lowest BCUT2D eigenvalue weighted by Gasteiger charge is -2.22. The molecule has 6 heteroatoms. The van der Waals surface area contributed by atoms with Crippen molar-refractivity contribution < 1.29 is 13.2 Å². The zero-order valence-corrected chi connectivity index (χ0v) is 19.9. The molecule has 0 saturated carbocycles. The summed E-state index contributed by atoms with van der Waals surface area (Å²) < 4.78 is 28.0. The van der Waals surface area contributed by atoms with Crippen LogP contribution in [0.3, 0.4) is 0 Å². The molecule has 0 unspecified atom stereocenters. The molecule has 0 spiro atoms. The van der Waals surface area contributed by atoms with Crippen molar-refractivity contribution in [3.8, 4) is 0 Å². The number of carbonyl (C=O) groups excluding carboxylic acids is 1. The van der Waals surface area contributed by atoms with E-state index in [0.717, 1.165) is 30.4 Å². The summed E-state index contributed by atoms with van der Waals surface area (Å²) in [7, 11) is -3.73. The van der Waals surface area contributed by atoms with E-state index in [4.69, 9.17) is 0 Å². The zero-order valence-electron chi connectivity index (χ0n) is 19.1. The number of carbonyl (C=O) groups is 1. The Morgan fingerprint density at radius 3 is 2.39 bits per heavy atom. The van der Waals surface area contributed by atoms with Gasteiger partial charge in [-0.3, -0.25) is 9.52 Å². The van der Waals surface area contributed by atoms with Crippen LogP contribution in [-0.2, 0) is 22.9 Å². The Morgan fingerprint density at radius 2 is 1.67 bits per heavy atom. The Labute approximate surface area is 196 Å². The highest BCUT2D eigenvalue weighted by molar-refractivity contribution is 7.92. The Hall–Kier alpha value is -3.12. The number of amides is 1. The molecule has 3 aromatic rings. The van der Waals surface area contributed by atoms with Crippen molar-refractivity contribution in [3.63, 3.8) is 0 Å². The van der Waals surface area contributed by atoms with E-state index < -0.39 is 10.0 Å². The van der Waals surface area contributed by atoms with Gasteiger partial charge in [-0.2, -0.15) is 0 Å². The van der Waals surface area contributed by atoms with Gasteiger partial charge in [0.15, 0.2) is 0 Å². The van der Waals surface area contributed by atoms with Gasteiger partial charge in [-0.05, 0) is 86.1 Å². The molecule has 0 radical (unpaired) electrons. The van der Waals surface area contributed by atoms with Crippen LogP contribution in [0, 0.1) is 6.92 Å². The second-order valence-electron chi connectivity index (χ2n) is 8.67. The maximum Gasteiger partial charge on any atom is 0.261 e. The van der Waals surface area contributed by atoms with E-state index in [0.29, 0.717) is 11.3 Å². The van der Waals surface area contributed by atoms with Crippen LogP contribution in [0.1, 0.15) is 64.8 Å². The Morgan fingerprint density at radius 1 is 0.939 bits per heavy atom. The van der Waals surface area contributed by atoms with Crippen molar-refractivity contribution >= 4 is 21.6 Å². The smallest absolute Gasteiger partial charge is 0.261 e. The third-order valence-corrected chi connectivity index (χ3v) is 7.59. The maximum atomic E-state index is 13.0. The molecular formula is C27H30N2O3S. The number of sulfonamides is 1. The van der Waals surface area contributed by atoms with Crippen LogP contribution >= 0.6 is 0 Å². The number of rotatable bonds is 7. The van der Waals surface area contributed by atoms with E-state index in [1.165, 1.54) is 24.0 Å². The molecule has 1 atom stereocenters. The summed E-state index contributed by atoms with van der Waals surface area (Å²) in [5.74, 6) is -0.226. The molecule has 33 heavy (non-hydrogen) atoms. The molecule has 1 aliphatic rings. The quantitative estimate of drug-likeness (QED) is 0.483. The number of benzene rings is 3. The predicted molar refractivity (Wildman–Crippen MR) is 132 cm³/mol. The molecule has 172 valence electrons. The summed E-state index contributed by atoms with van der Waals surface area (Å²) in [6.07, 6.45) is 5.44. The largest absolute Gasteiger partial charge is 0.345 e. The number of hydrogen-bond donors (Lipinski definition) is 2. The van der Waals surface area contributed by atoms with Crippen LogP contribution in [0.4, 0.5) is 5.69 Å². The molecule has 0 aliphatic heterocycles. The summed E-state index contributed by atoms with van der Waals surface area (Å²) in [6, 6.07) is 19.7. The lowest BCUT2D eigenvalue weighted by molar-refractivity contribution is 0.0935. The topological polar surface area (TPSA) is 75.3 Å². The molecule has 1 amide bonds. The Balaban J connectivity index is 1.49. The highest BCUT2D eigenvalue weighted by Crippen LogP contribution is 2.26. The van der Waals surface area contributed by atoms with E-state index in [1.807, 2.05) is 6.92 Å². The minimum absolute atomic E-state index is 0.0994. The first-order valence-electron chi connectivity index (χ1n) is 11.5. The van der Waals surface area contributed by atoms with Gasteiger partial charge in [0.05, 0.1) is 10.9 Å². The Bertz CT molecular complexity index is 1250. The fourth-order valence-electron chi connectivity index (χ4n) is 4.29. The second kappa shape index (κ2) is 9.79. The lowest BCUT2D eigenvalue weighted by atomic mass is 9.88. The monoisotopic (exact) mass is 462 g/mol. The van der Waals surface area contributed by atoms with Crippen LogP contribution in [0.15, 0.2) is 71.6 Å². The minimum atomic E-state index is -3.73. The summed E-state index contributed by atoms with van der Waals surface area (Å²) in [5.41, 5.74) is 5.67. The predicted octanol–water partition coefficient (Wildman–Crippen LogP) is 5.56. The highest BCUT2D eigenvalue weighted by Gasteiger charge is 2.18. The van der Waals surface area contributed by atoms with E-state index in [-0.39, 0.29) is 16.8 Å². The normalized spacial score (nSPS) is 14.2. The zero-order chi connectivity index (χ0) is 23.4. The summed E-state index contributed by atoms with van der Waals surface area (Å²) in [5, 5.41) is 3.12. The molecule has 0 heterocycles. The van der Waals surface area contributed by atoms with Gasteiger partial charge in [0, 0.05) is 11.3 Å². The molecule has 5 nitrogen and oxygen atoms in total. The summed E-state index contributed by atoms with van der Waals surface area (Å²) in [4.78, 5) is 13.2. The van der Waals surface area contributed by atoms with Crippen LogP contribution in [-0.4, -0.2) is 14.3 Å². The SMILES string of the molecule is CC[C@H](NC(=O)c1cccc(NS(=O)(=O)c2ccc(C)cc2)c1)c1ccc2c(c1)CCCC2. The molecule has 2 N–H and O–H groups in total. The van der Waals surface area contributed by atoms with Gasteiger partial charge in [0.25, 0.3) is 15.9 Å². The van der Waals surface area contributed by atoms with E-state index in [9.17, 15) is 13.2 Å². The molecule has 0 aromatic heterocycles. The van der Waals surface area contributed by atoms with Gasteiger partial charge < -0.3 is 5.32 Å². The fraction of sp³-hybridized carbons (Fsp3) is 0.296. The van der Waals surface area contributed by atoms with Crippen molar-refractivity contribution in [1.29, 1.82) is 0 Å². The van der Waals surface area contributed by atoms with E-state index >= 15 is 0 Å². The van der Waals surface area contributed by atoms with Gasteiger partial charge in [-0.25, -0.2) is 8.42 Å². The van der Waals surface area contributed by atoms with Crippen molar-refractivity contribution in [1.82, 2.24) is 5.32 Å². The molecule has 0 saturated heterocycles. The number of hydrogen-bond acceptors (Lipinski definition) is 3. The van der Waals surface area contributed by atoms with Crippen molar-refractivity contribution in [3.05, 3.63) is 94.5 Å². The molecule has 0 bridgehead atoms. The third-order valence-electron chi connectivity index (χ3n) is 6.20. The maximum absolute atomic E-state index is 13.0. The lowest BCUT2D eigenvalue weighted by Crippen LogP contribution is -2.28. The number of fused-ring (bicyclic) bond motifs is 1. The van der Waals surface area contributed by atoms with E-state index in [1.54, 1.807) is 48.5 Å². The minimum Gasteiger partial charge on any atom is -0.345 e. The molecule has 3 aromatic carbocycles. The number of nitrogens with one attached hydrogen (secondary N) is 2. The van der Waals surface area contributed by atoms with Gasteiger partial charge >= 0.3 is 0 Å². The van der Waals surface area contributed by atoms with Crippen LogP contribution in [0.2, 0.25) is 0 Å². The molecule has 1 aliphatic carbocycles. The first kappa shape index (κ1) is 23.1. The number of aryl methyl sites for hydroxylation is 3. The molecular weight excluding hydrogens is 432 g/mol. The van der Waals surface area contributed by atoms with Crippen LogP contribution in [0.25, 0.3) is 0 Å². The average molecular weight is 463 g/mol. The van der Waals surface area contributed by atoms with E-state index in [2.05, 4.69) is 35.2 Å². The highest BCUT2D eigenvalue weighted by atomic mass is 32.2. The van der Waals surface area contributed by atoms with Crippen molar-refractivity contribution in [2.45, 2.75) is 56.9 Å². The van der Waals surface area contributed by atoms with Crippen molar-refractivity contribution in [2.24, 2.45) is 0 Å². The first-order chi connectivity index (χ1) is 15.9. The first-order valence-corrected chi connectivity index (χ1v) is 13.0.